The molecule has 0 spiro atoms. The molecule has 1 nitrogen and oxygen atoms in total. The summed E-state index contributed by atoms with van der Waals surface area (Å²) in [5, 5.41) is 12.8. The van der Waals surface area contributed by atoms with E-state index in [2.05, 4.69) is 181 Å². The van der Waals surface area contributed by atoms with E-state index >= 15 is 0 Å². The standard InChI is InChI=1S/C46H29NS/c1-2-11-30(12-3-1)33-14-10-15-35(27-33)47(36-25-26-44-41(29-36)39-18-8-9-20-43(39)48-44)42-28-34-24-23-32-22-21-31-13-4-5-16-37(31)45(32)46(34)40-19-7-6-17-38(40)42/h1-29H. The summed E-state index contributed by atoms with van der Waals surface area (Å²) in [5.41, 5.74) is 5.85. The quantitative estimate of drug-likeness (QED) is 0.176. The SMILES string of the molecule is c1ccc(-c2cccc(N(c3ccc4sc5ccccc5c4c3)c3cc4ccc5ccc6ccccc6c5c4c4ccccc34)c2)cc1. The second-order valence-electron chi connectivity index (χ2n) is 12.5. The zero-order valence-corrected chi connectivity index (χ0v) is 26.9. The van der Waals surface area contributed by atoms with Gasteiger partial charge in [0, 0.05) is 36.9 Å². The Bertz CT molecular complexity index is 2850. The van der Waals surface area contributed by atoms with Gasteiger partial charge in [0.2, 0.25) is 0 Å². The molecule has 0 saturated carbocycles. The molecular weight excluding hydrogens is 599 g/mol. The van der Waals surface area contributed by atoms with Crippen LogP contribution < -0.4 is 4.90 Å². The maximum atomic E-state index is 2.47. The van der Waals surface area contributed by atoms with Crippen molar-refractivity contribution in [2.24, 2.45) is 0 Å². The van der Waals surface area contributed by atoms with Gasteiger partial charge in [-0.1, -0.05) is 133 Å². The second-order valence-corrected chi connectivity index (χ2v) is 13.6. The van der Waals surface area contributed by atoms with Crippen molar-refractivity contribution in [3.05, 3.63) is 176 Å². The molecule has 0 bridgehead atoms. The Balaban J connectivity index is 1.30. The summed E-state index contributed by atoms with van der Waals surface area (Å²) in [6, 6.07) is 64.6. The molecule has 1 heterocycles. The molecule has 48 heavy (non-hydrogen) atoms. The zero-order valence-electron chi connectivity index (χ0n) is 26.1. The maximum absolute atomic E-state index is 2.47. The highest BCUT2D eigenvalue weighted by Crippen LogP contribution is 2.46. The lowest BCUT2D eigenvalue weighted by Gasteiger charge is -2.28. The second kappa shape index (κ2) is 10.8. The summed E-state index contributed by atoms with van der Waals surface area (Å²) in [6.07, 6.45) is 0. The fourth-order valence-electron chi connectivity index (χ4n) is 7.59. The number of hydrogen-bond acceptors (Lipinski definition) is 2. The monoisotopic (exact) mass is 627 g/mol. The third-order valence-corrected chi connectivity index (χ3v) is 10.9. The fourth-order valence-corrected chi connectivity index (χ4v) is 8.68. The minimum absolute atomic E-state index is 1.13. The van der Waals surface area contributed by atoms with Crippen LogP contribution in [0, 0.1) is 0 Å². The van der Waals surface area contributed by atoms with E-state index in [1.807, 2.05) is 11.3 Å². The van der Waals surface area contributed by atoms with Gasteiger partial charge >= 0.3 is 0 Å². The molecule has 0 fully saturated rings. The summed E-state index contributed by atoms with van der Waals surface area (Å²) < 4.78 is 2.62. The van der Waals surface area contributed by atoms with E-state index in [4.69, 9.17) is 0 Å². The first-order valence-electron chi connectivity index (χ1n) is 16.4. The van der Waals surface area contributed by atoms with Gasteiger partial charge < -0.3 is 4.90 Å². The molecule has 10 rings (SSSR count). The van der Waals surface area contributed by atoms with Crippen molar-refractivity contribution in [2.75, 3.05) is 4.90 Å². The number of benzene rings is 9. The van der Waals surface area contributed by atoms with Gasteiger partial charge in [-0.05, 0) is 91.3 Å². The smallest absolute Gasteiger partial charge is 0.0546 e. The van der Waals surface area contributed by atoms with Gasteiger partial charge in [0.15, 0.2) is 0 Å². The minimum Gasteiger partial charge on any atom is -0.310 e. The summed E-state index contributed by atoms with van der Waals surface area (Å²) in [4.78, 5) is 2.47. The van der Waals surface area contributed by atoms with E-state index in [1.54, 1.807) is 0 Å². The van der Waals surface area contributed by atoms with Crippen LogP contribution in [-0.2, 0) is 0 Å². The lowest BCUT2D eigenvalue weighted by atomic mass is 9.92. The predicted octanol–water partition coefficient (Wildman–Crippen LogP) is 13.8. The van der Waals surface area contributed by atoms with Crippen molar-refractivity contribution >= 4 is 91.7 Å². The average Bonchev–Trinajstić information content (AvgIpc) is 3.53. The summed E-state index contributed by atoms with van der Waals surface area (Å²) in [5.74, 6) is 0. The lowest BCUT2D eigenvalue weighted by Crippen LogP contribution is -2.11. The Morgan fingerprint density at radius 3 is 1.83 bits per heavy atom. The van der Waals surface area contributed by atoms with Crippen molar-refractivity contribution in [1.82, 2.24) is 0 Å². The number of hydrogen-bond donors (Lipinski definition) is 0. The first-order valence-corrected chi connectivity index (χ1v) is 17.2. The van der Waals surface area contributed by atoms with Crippen LogP contribution in [0.3, 0.4) is 0 Å². The Hall–Kier alpha value is -5.96. The molecule has 224 valence electrons. The van der Waals surface area contributed by atoms with Crippen molar-refractivity contribution in [3.63, 3.8) is 0 Å². The van der Waals surface area contributed by atoms with Crippen LogP contribution >= 0.6 is 11.3 Å². The molecule has 0 unspecified atom stereocenters. The molecule has 0 atom stereocenters. The van der Waals surface area contributed by atoms with Crippen LogP contribution in [0.5, 0.6) is 0 Å². The third kappa shape index (κ3) is 4.24. The maximum Gasteiger partial charge on any atom is 0.0546 e. The molecule has 2 heteroatoms. The first kappa shape index (κ1) is 27.2. The highest BCUT2D eigenvalue weighted by atomic mass is 32.1. The molecule has 0 aliphatic heterocycles. The van der Waals surface area contributed by atoms with Crippen LogP contribution in [0.4, 0.5) is 17.1 Å². The van der Waals surface area contributed by atoms with E-state index in [1.165, 1.54) is 80.1 Å². The minimum atomic E-state index is 1.13. The van der Waals surface area contributed by atoms with Crippen molar-refractivity contribution < 1.29 is 0 Å². The van der Waals surface area contributed by atoms with E-state index in [0.29, 0.717) is 0 Å². The molecule has 1 aromatic heterocycles. The number of anilines is 3. The highest BCUT2D eigenvalue weighted by molar-refractivity contribution is 7.25. The van der Waals surface area contributed by atoms with Crippen LogP contribution in [0.2, 0.25) is 0 Å². The van der Waals surface area contributed by atoms with Gasteiger partial charge in [0.05, 0.1) is 5.69 Å². The van der Waals surface area contributed by atoms with Crippen molar-refractivity contribution in [2.45, 2.75) is 0 Å². The highest BCUT2D eigenvalue weighted by Gasteiger charge is 2.20. The number of fused-ring (bicyclic) bond motifs is 10. The lowest BCUT2D eigenvalue weighted by molar-refractivity contribution is 1.31. The largest absolute Gasteiger partial charge is 0.310 e. The average molecular weight is 628 g/mol. The molecule has 0 aliphatic carbocycles. The fraction of sp³-hybridized carbons (Fsp3) is 0. The van der Waals surface area contributed by atoms with E-state index in [-0.39, 0.29) is 0 Å². The van der Waals surface area contributed by atoms with Crippen LogP contribution in [-0.4, -0.2) is 0 Å². The topological polar surface area (TPSA) is 3.24 Å². The van der Waals surface area contributed by atoms with Gasteiger partial charge in [-0.15, -0.1) is 11.3 Å². The van der Waals surface area contributed by atoms with E-state index in [9.17, 15) is 0 Å². The van der Waals surface area contributed by atoms with Crippen LogP contribution in [0.1, 0.15) is 0 Å². The zero-order chi connectivity index (χ0) is 31.6. The van der Waals surface area contributed by atoms with Gasteiger partial charge in [0.1, 0.15) is 0 Å². The third-order valence-electron chi connectivity index (χ3n) is 9.78. The molecule has 0 saturated heterocycles. The van der Waals surface area contributed by atoms with Gasteiger partial charge in [0.25, 0.3) is 0 Å². The Labute approximate surface area is 282 Å². The van der Waals surface area contributed by atoms with Gasteiger partial charge in [-0.2, -0.15) is 0 Å². The summed E-state index contributed by atoms with van der Waals surface area (Å²) in [6.45, 7) is 0. The van der Waals surface area contributed by atoms with E-state index in [0.717, 1.165) is 11.4 Å². The Kier molecular flexibility index (Phi) is 6.12. The Morgan fingerprint density at radius 1 is 0.333 bits per heavy atom. The molecule has 0 amide bonds. The van der Waals surface area contributed by atoms with Crippen LogP contribution in [0.25, 0.3) is 74.4 Å². The molecule has 0 radical (unpaired) electrons. The number of thiophene rings is 1. The normalized spacial score (nSPS) is 11.8. The Morgan fingerprint density at radius 2 is 0.958 bits per heavy atom. The molecule has 0 aliphatic rings. The van der Waals surface area contributed by atoms with E-state index < -0.39 is 0 Å². The van der Waals surface area contributed by atoms with Crippen molar-refractivity contribution in [3.8, 4) is 11.1 Å². The summed E-state index contributed by atoms with van der Waals surface area (Å²) in [7, 11) is 0. The first-order chi connectivity index (χ1) is 23.8. The van der Waals surface area contributed by atoms with Gasteiger partial charge in [-0.3, -0.25) is 0 Å². The molecular formula is C46H29NS. The van der Waals surface area contributed by atoms with Gasteiger partial charge in [-0.25, -0.2) is 0 Å². The predicted molar refractivity (Wildman–Crippen MR) is 209 cm³/mol. The molecule has 0 N–H and O–H groups in total. The molecule has 9 aromatic carbocycles. The molecule has 10 aromatic rings. The number of rotatable bonds is 4. The van der Waals surface area contributed by atoms with Crippen LogP contribution in [0.15, 0.2) is 176 Å². The van der Waals surface area contributed by atoms with Crippen molar-refractivity contribution in [1.29, 1.82) is 0 Å². The summed E-state index contributed by atoms with van der Waals surface area (Å²) >= 11 is 1.86. The number of nitrogens with zero attached hydrogens (tertiary/aromatic N) is 1.